The van der Waals surface area contributed by atoms with Crippen molar-refractivity contribution in [1.29, 1.82) is 5.26 Å². The summed E-state index contributed by atoms with van der Waals surface area (Å²) in [7, 11) is 1.32. The number of nitriles is 1. The Labute approximate surface area is 105 Å². The van der Waals surface area contributed by atoms with Gasteiger partial charge in [-0.15, -0.1) is 0 Å². The molecule has 0 atom stereocenters. The Hall–Kier alpha value is -2.19. The van der Waals surface area contributed by atoms with Gasteiger partial charge in [0.05, 0.1) is 31.7 Å². The lowest BCUT2D eigenvalue weighted by molar-refractivity contribution is -0.140. The van der Waals surface area contributed by atoms with Crippen LogP contribution in [0.15, 0.2) is 24.3 Å². The molecule has 0 saturated carbocycles. The van der Waals surface area contributed by atoms with Crippen molar-refractivity contribution in [3.63, 3.8) is 0 Å². The summed E-state index contributed by atoms with van der Waals surface area (Å²) in [5.41, 5.74) is 1.06. The first-order chi connectivity index (χ1) is 8.67. The van der Waals surface area contributed by atoms with Crippen molar-refractivity contribution in [1.82, 2.24) is 5.32 Å². The van der Waals surface area contributed by atoms with E-state index >= 15 is 0 Å². The number of hydrogen-bond donors (Lipinski definition) is 1. The maximum absolute atomic E-state index is 11.7. The monoisotopic (exact) mass is 246 g/mol. The highest BCUT2D eigenvalue weighted by Crippen LogP contribution is 2.03. The number of benzene rings is 1. The van der Waals surface area contributed by atoms with Crippen LogP contribution in [0.25, 0.3) is 0 Å². The minimum atomic E-state index is -0.312. The van der Waals surface area contributed by atoms with E-state index in [1.165, 1.54) is 7.11 Å². The summed E-state index contributed by atoms with van der Waals surface area (Å²) in [4.78, 5) is 22.5. The second kappa shape index (κ2) is 7.20. The SMILES string of the molecule is COC(=O)CCNCC(=O)c1ccc(C#N)cc1. The predicted octanol–water partition coefficient (Wildman–Crippen LogP) is 0.894. The van der Waals surface area contributed by atoms with E-state index in [-0.39, 0.29) is 24.7 Å². The van der Waals surface area contributed by atoms with Gasteiger partial charge in [-0.2, -0.15) is 5.26 Å². The van der Waals surface area contributed by atoms with Crippen LogP contribution in [0, 0.1) is 11.3 Å². The fourth-order valence-electron chi connectivity index (χ4n) is 1.33. The van der Waals surface area contributed by atoms with Gasteiger partial charge in [-0.3, -0.25) is 9.59 Å². The maximum Gasteiger partial charge on any atom is 0.306 e. The lowest BCUT2D eigenvalue weighted by Crippen LogP contribution is -2.25. The lowest BCUT2D eigenvalue weighted by atomic mass is 10.1. The average molecular weight is 246 g/mol. The number of carbonyl (C=O) groups is 2. The second-order valence-electron chi connectivity index (χ2n) is 3.62. The van der Waals surface area contributed by atoms with Crippen molar-refractivity contribution in [3.8, 4) is 6.07 Å². The van der Waals surface area contributed by atoms with E-state index < -0.39 is 0 Å². The van der Waals surface area contributed by atoms with Crippen LogP contribution < -0.4 is 5.32 Å². The number of esters is 1. The fraction of sp³-hybridized carbons (Fsp3) is 0.308. The number of carbonyl (C=O) groups excluding carboxylic acids is 2. The predicted molar refractivity (Wildman–Crippen MR) is 65.0 cm³/mol. The third kappa shape index (κ3) is 4.36. The molecule has 5 heteroatoms. The Morgan fingerprint density at radius 1 is 1.33 bits per heavy atom. The normalized spacial score (nSPS) is 9.56. The molecule has 0 aliphatic heterocycles. The molecule has 0 saturated heterocycles. The largest absolute Gasteiger partial charge is 0.469 e. The minimum Gasteiger partial charge on any atom is -0.469 e. The second-order valence-corrected chi connectivity index (χ2v) is 3.62. The highest BCUT2D eigenvalue weighted by atomic mass is 16.5. The van der Waals surface area contributed by atoms with E-state index in [0.717, 1.165) is 0 Å². The molecule has 0 fully saturated rings. The quantitative estimate of drug-likeness (QED) is 0.458. The van der Waals surface area contributed by atoms with Crippen LogP contribution in [0.3, 0.4) is 0 Å². The molecule has 94 valence electrons. The van der Waals surface area contributed by atoms with Crippen molar-refractivity contribution in [2.75, 3.05) is 20.2 Å². The number of rotatable bonds is 6. The molecule has 0 heterocycles. The molecule has 0 aromatic heterocycles. The van der Waals surface area contributed by atoms with E-state index in [1.54, 1.807) is 24.3 Å². The van der Waals surface area contributed by atoms with Crippen molar-refractivity contribution in [2.24, 2.45) is 0 Å². The number of ether oxygens (including phenoxy) is 1. The zero-order valence-corrected chi connectivity index (χ0v) is 10.1. The summed E-state index contributed by atoms with van der Waals surface area (Å²) >= 11 is 0. The Bertz CT molecular complexity index is 460. The number of nitrogens with one attached hydrogen (secondary N) is 1. The molecule has 1 aromatic rings. The number of hydrogen-bond acceptors (Lipinski definition) is 5. The van der Waals surface area contributed by atoms with Crippen LogP contribution in [-0.2, 0) is 9.53 Å². The van der Waals surface area contributed by atoms with Gasteiger partial charge in [-0.25, -0.2) is 0 Å². The van der Waals surface area contributed by atoms with Gasteiger partial charge in [0.2, 0.25) is 0 Å². The van der Waals surface area contributed by atoms with Gasteiger partial charge in [-0.1, -0.05) is 12.1 Å². The third-order valence-corrected chi connectivity index (χ3v) is 2.36. The van der Waals surface area contributed by atoms with Crippen LogP contribution in [0.5, 0.6) is 0 Å². The van der Waals surface area contributed by atoms with Crippen molar-refractivity contribution in [2.45, 2.75) is 6.42 Å². The Balaban J connectivity index is 2.36. The average Bonchev–Trinajstić information content (AvgIpc) is 2.43. The summed E-state index contributed by atoms with van der Waals surface area (Å²) in [5, 5.41) is 11.5. The Morgan fingerprint density at radius 2 is 2.00 bits per heavy atom. The molecule has 0 spiro atoms. The summed E-state index contributed by atoms with van der Waals surface area (Å²) < 4.78 is 4.47. The summed E-state index contributed by atoms with van der Waals surface area (Å²) in [6, 6.07) is 8.41. The standard InChI is InChI=1S/C13H14N2O3/c1-18-13(17)6-7-15-9-12(16)11-4-2-10(8-14)3-5-11/h2-5,15H,6-7,9H2,1H3. The van der Waals surface area contributed by atoms with Crippen LogP contribution in [-0.4, -0.2) is 32.0 Å². The zero-order chi connectivity index (χ0) is 13.4. The molecular weight excluding hydrogens is 232 g/mol. The first kappa shape index (κ1) is 13.9. The number of Topliss-reactive ketones (excluding diaryl/α,β-unsaturated/α-hetero) is 1. The molecule has 1 N–H and O–H groups in total. The molecule has 0 radical (unpaired) electrons. The van der Waals surface area contributed by atoms with Crippen LogP contribution >= 0.6 is 0 Å². The molecule has 0 aliphatic rings. The number of methoxy groups -OCH3 is 1. The van der Waals surface area contributed by atoms with Gasteiger partial charge in [0.25, 0.3) is 0 Å². The summed E-state index contributed by atoms with van der Waals surface area (Å²) in [6.07, 6.45) is 0.233. The maximum atomic E-state index is 11.7. The van der Waals surface area contributed by atoms with Gasteiger partial charge in [0.1, 0.15) is 0 Å². The smallest absolute Gasteiger partial charge is 0.306 e. The van der Waals surface area contributed by atoms with Gasteiger partial charge >= 0.3 is 5.97 Å². The van der Waals surface area contributed by atoms with Gasteiger partial charge in [0, 0.05) is 12.1 Å². The molecule has 1 rings (SSSR count). The Morgan fingerprint density at radius 3 is 2.56 bits per heavy atom. The van der Waals surface area contributed by atoms with Crippen LogP contribution in [0.4, 0.5) is 0 Å². The minimum absolute atomic E-state index is 0.0793. The van der Waals surface area contributed by atoms with Gasteiger partial charge in [-0.05, 0) is 12.1 Å². The van der Waals surface area contributed by atoms with E-state index in [0.29, 0.717) is 17.7 Å². The van der Waals surface area contributed by atoms with Crippen molar-refractivity contribution >= 4 is 11.8 Å². The molecule has 5 nitrogen and oxygen atoms in total. The van der Waals surface area contributed by atoms with Crippen LogP contribution in [0.2, 0.25) is 0 Å². The van der Waals surface area contributed by atoms with E-state index in [2.05, 4.69) is 10.1 Å². The highest BCUT2D eigenvalue weighted by Gasteiger charge is 2.06. The summed E-state index contributed by atoms with van der Waals surface area (Å²) in [6.45, 7) is 0.553. The van der Waals surface area contributed by atoms with Gasteiger partial charge in [0.15, 0.2) is 5.78 Å². The molecule has 18 heavy (non-hydrogen) atoms. The summed E-state index contributed by atoms with van der Waals surface area (Å²) in [5.74, 6) is -0.391. The van der Waals surface area contributed by atoms with Crippen molar-refractivity contribution in [3.05, 3.63) is 35.4 Å². The van der Waals surface area contributed by atoms with E-state index in [9.17, 15) is 9.59 Å². The third-order valence-electron chi connectivity index (χ3n) is 2.36. The van der Waals surface area contributed by atoms with E-state index in [1.807, 2.05) is 6.07 Å². The van der Waals surface area contributed by atoms with Crippen molar-refractivity contribution < 1.29 is 14.3 Å². The zero-order valence-electron chi connectivity index (χ0n) is 10.1. The number of nitrogens with zero attached hydrogens (tertiary/aromatic N) is 1. The first-order valence-electron chi connectivity index (χ1n) is 5.48. The molecule has 0 amide bonds. The molecule has 0 unspecified atom stereocenters. The first-order valence-corrected chi connectivity index (χ1v) is 5.48. The van der Waals surface area contributed by atoms with E-state index in [4.69, 9.17) is 5.26 Å². The lowest BCUT2D eigenvalue weighted by Gasteiger charge is -2.03. The highest BCUT2D eigenvalue weighted by molar-refractivity contribution is 5.97. The molecule has 1 aromatic carbocycles. The molecule has 0 bridgehead atoms. The number of ketones is 1. The topological polar surface area (TPSA) is 79.2 Å². The van der Waals surface area contributed by atoms with Gasteiger partial charge < -0.3 is 10.1 Å². The Kier molecular flexibility index (Phi) is 5.55. The fourth-order valence-corrected chi connectivity index (χ4v) is 1.33. The molecule has 0 aliphatic carbocycles. The molecular formula is C13H14N2O3. The van der Waals surface area contributed by atoms with Crippen LogP contribution in [0.1, 0.15) is 22.3 Å².